The highest BCUT2D eigenvalue weighted by Crippen LogP contribution is 2.55. The number of carbonyl (C=O) groups excluding carboxylic acids is 1. The molecular formula is C22H27N8O7P2S2+. The Morgan fingerprint density at radius 1 is 1.20 bits per heavy atom. The van der Waals surface area contributed by atoms with Crippen molar-refractivity contribution in [3.05, 3.63) is 36.4 Å². The Balaban J connectivity index is 1.20. The smallest absolute Gasteiger partial charge is 0.396 e. The Bertz CT molecular complexity index is 1550. The van der Waals surface area contributed by atoms with Gasteiger partial charge in [-0.25, -0.2) is 20.8 Å². The van der Waals surface area contributed by atoms with Crippen molar-refractivity contribution in [2.75, 3.05) is 29.7 Å². The second kappa shape index (κ2) is 11.4. The van der Waals surface area contributed by atoms with Gasteiger partial charge in [-0.2, -0.15) is 0 Å². The standard InChI is InChI=1S/C22H26N8O7P2S2/c23-18-11(6-31)2-1-3-13(18)30(25)17-5-15-16(35-17)8-34-39(32,41)37-20-12(7-33-38(40)36-15)4-14(20)29-10-28-19-21(24)26-9-27-22(19)29/h1-3,6,9-10,12,14-17,20H,4-5,7-8,25H2,(H4-,23,24,26,27,31,32,41)/p+1/t12?,14?,15-,16?,17?,20?,39?/m0/s1. The maximum Gasteiger partial charge on any atom is 0.522 e. The number of benzene rings is 1. The van der Waals surface area contributed by atoms with Crippen LogP contribution in [-0.2, 0) is 46.4 Å². The highest BCUT2D eigenvalue weighted by atomic mass is 32.5. The molecular weight excluding hydrogens is 614 g/mol. The van der Waals surface area contributed by atoms with Gasteiger partial charge >= 0.3 is 13.9 Å². The van der Waals surface area contributed by atoms with E-state index in [0.29, 0.717) is 35.1 Å². The van der Waals surface area contributed by atoms with Crippen LogP contribution in [0.2, 0.25) is 0 Å². The number of hydrazine groups is 1. The van der Waals surface area contributed by atoms with E-state index in [2.05, 4.69) is 15.0 Å². The molecule has 0 spiro atoms. The summed E-state index contributed by atoms with van der Waals surface area (Å²) < 4.78 is 31.8. The van der Waals surface area contributed by atoms with Crippen LogP contribution in [-0.4, -0.2) is 68.5 Å². The lowest BCUT2D eigenvalue weighted by Gasteiger charge is -2.44. The average molecular weight is 642 g/mol. The van der Waals surface area contributed by atoms with Crippen molar-refractivity contribution in [3.8, 4) is 0 Å². The summed E-state index contributed by atoms with van der Waals surface area (Å²) in [4.78, 5) is 35.0. The SMILES string of the molecule is Nc1c(C=O)cccc1N(N)C1C[C@@H]2O[P+](=S)OCC3CC(n4cnc5c(N)ncnc54)C3OP(O)(=S)OCC2O1. The zero-order valence-electron chi connectivity index (χ0n) is 21.3. The van der Waals surface area contributed by atoms with E-state index >= 15 is 0 Å². The van der Waals surface area contributed by atoms with Gasteiger partial charge in [0.25, 0.3) is 0 Å². The quantitative estimate of drug-likeness (QED) is 0.105. The van der Waals surface area contributed by atoms with Crippen LogP contribution < -0.4 is 22.3 Å². The fourth-order valence-corrected chi connectivity index (χ4v) is 8.06. The summed E-state index contributed by atoms with van der Waals surface area (Å²) in [7, 11) is -1.72. The summed E-state index contributed by atoms with van der Waals surface area (Å²) in [6, 6.07) is 4.67. The molecule has 3 aromatic rings. The number of aldehydes is 1. The second-order valence-electron chi connectivity index (χ2n) is 9.81. The molecule has 1 saturated carbocycles. The van der Waals surface area contributed by atoms with Gasteiger partial charge in [0, 0.05) is 17.9 Å². The molecule has 2 aliphatic heterocycles. The van der Waals surface area contributed by atoms with Crippen molar-refractivity contribution >= 4 is 72.1 Å². The topological polar surface area (TPSA) is 208 Å². The third-order valence-corrected chi connectivity index (χ3v) is 10.4. The number of hydrogen-bond donors (Lipinski definition) is 4. The van der Waals surface area contributed by atoms with Gasteiger partial charge in [-0.05, 0) is 30.4 Å². The zero-order chi connectivity index (χ0) is 28.9. The summed E-state index contributed by atoms with van der Waals surface area (Å²) in [5.41, 5.74) is 14.0. The predicted molar refractivity (Wildman–Crippen MR) is 156 cm³/mol. The lowest BCUT2D eigenvalue weighted by Crippen LogP contribution is -2.46. The third-order valence-electron chi connectivity index (χ3n) is 7.42. The fourth-order valence-electron chi connectivity index (χ4n) is 5.24. The zero-order valence-corrected chi connectivity index (χ0v) is 24.8. The van der Waals surface area contributed by atoms with E-state index in [1.165, 1.54) is 11.3 Å². The Morgan fingerprint density at radius 2 is 2.02 bits per heavy atom. The van der Waals surface area contributed by atoms with Crippen molar-refractivity contribution in [2.24, 2.45) is 11.8 Å². The molecule has 41 heavy (non-hydrogen) atoms. The van der Waals surface area contributed by atoms with Gasteiger partial charge in [-0.1, -0.05) is 6.07 Å². The molecule has 3 aliphatic rings. The van der Waals surface area contributed by atoms with Gasteiger partial charge in [0.1, 0.15) is 36.9 Å². The molecule has 7 N–H and O–H groups in total. The van der Waals surface area contributed by atoms with E-state index in [1.807, 2.05) is 4.57 Å². The largest absolute Gasteiger partial charge is 0.522 e. The summed E-state index contributed by atoms with van der Waals surface area (Å²) in [6.07, 6.45) is 1.96. The van der Waals surface area contributed by atoms with Crippen LogP contribution in [0.5, 0.6) is 0 Å². The number of nitrogen functional groups attached to an aromatic ring is 2. The van der Waals surface area contributed by atoms with E-state index in [0.717, 1.165) is 0 Å². The van der Waals surface area contributed by atoms with Gasteiger partial charge in [0.2, 0.25) is 11.8 Å². The molecule has 1 aliphatic carbocycles. The number of rotatable bonds is 4. The Hall–Kier alpha value is -2.27. The Kier molecular flexibility index (Phi) is 8.04. The monoisotopic (exact) mass is 641 g/mol. The van der Waals surface area contributed by atoms with Gasteiger partial charge in [0.05, 0.1) is 36.5 Å². The van der Waals surface area contributed by atoms with Crippen molar-refractivity contribution < 1.29 is 32.5 Å². The van der Waals surface area contributed by atoms with Gasteiger partial charge in [-0.15, -0.1) is 9.05 Å². The van der Waals surface area contributed by atoms with Crippen LogP contribution in [0.15, 0.2) is 30.9 Å². The summed E-state index contributed by atoms with van der Waals surface area (Å²) in [6.45, 7) is -3.68. The molecule has 8 atom stereocenters. The molecule has 19 heteroatoms. The van der Waals surface area contributed by atoms with Gasteiger partial charge in [-0.3, -0.25) is 9.80 Å². The predicted octanol–water partition coefficient (Wildman–Crippen LogP) is 1.67. The number of aromatic nitrogens is 4. The van der Waals surface area contributed by atoms with E-state index in [4.69, 9.17) is 63.8 Å². The first-order valence-electron chi connectivity index (χ1n) is 12.5. The first kappa shape index (κ1) is 28.8. The first-order valence-corrected chi connectivity index (χ1v) is 17.3. The molecule has 2 saturated heterocycles. The van der Waals surface area contributed by atoms with Crippen LogP contribution in [0.1, 0.15) is 29.2 Å². The van der Waals surface area contributed by atoms with Crippen LogP contribution in [0, 0.1) is 5.92 Å². The summed E-state index contributed by atoms with van der Waals surface area (Å²) in [5.74, 6) is 6.47. The molecule has 4 heterocycles. The van der Waals surface area contributed by atoms with Crippen LogP contribution in [0.4, 0.5) is 17.2 Å². The molecule has 2 aromatic heterocycles. The normalized spacial score (nSPS) is 33.2. The van der Waals surface area contributed by atoms with E-state index in [9.17, 15) is 9.69 Å². The fraction of sp³-hybridized carbons (Fsp3) is 0.455. The van der Waals surface area contributed by atoms with Gasteiger partial charge < -0.3 is 34.7 Å². The Morgan fingerprint density at radius 3 is 2.83 bits per heavy atom. The number of nitrogens with zero attached hydrogens (tertiary/aromatic N) is 5. The van der Waals surface area contributed by atoms with Crippen LogP contribution >= 0.6 is 13.9 Å². The number of fused-ring (bicyclic) bond motifs is 3. The molecule has 1 aromatic carbocycles. The summed E-state index contributed by atoms with van der Waals surface area (Å²) in [5, 5.41) is 1.32. The maximum absolute atomic E-state index is 11.3. The molecule has 0 amide bonds. The summed E-state index contributed by atoms with van der Waals surface area (Å²) >= 11 is 10.9. The lowest BCUT2D eigenvalue weighted by atomic mass is 9.77. The molecule has 7 unspecified atom stereocenters. The molecule has 6 rings (SSSR count). The number of ether oxygens (including phenoxy) is 1. The Labute approximate surface area is 245 Å². The van der Waals surface area contributed by atoms with E-state index in [-0.39, 0.29) is 43.1 Å². The minimum atomic E-state index is -3.75. The van der Waals surface area contributed by atoms with Crippen molar-refractivity contribution in [3.63, 3.8) is 0 Å². The molecule has 0 radical (unpaired) electrons. The molecule has 3 fully saturated rings. The number of imidazole rings is 1. The minimum absolute atomic E-state index is 0.148. The number of nitrogens with two attached hydrogens (primary N) is 3. The number of para-hydroxylation sites is 1. The second-order valence-corrected chi connectivity index (χ2v) is 14.4. The van der Waals surface area contributed by atoms with E-state index < -0.39 is 38.4 Å². The maximum atomic E-state index is 11.3. The highest BCUT2D eigenvalue weighted by Gasteiger charge is 2.50. The number of carbonyl (C=O) groups is 1. The molecule has 0 bridgehead atoms. The minimum Gasteiger partial charge on any atom is -0.396 e. The van der Waals surface area contributed by atoms with E-state index in [1.54, 1.807) is 24.5 Å². The van der Waals surface area contributed by atoms with Crippen molar-refractivity contribution in [2.45, 2.75) is 43.4 Å². The highest BCUT2D eigenvalue weighted by molar-refractivity contribution is 8.07. The first-order chi connectivity index (χ1) is 19.6. The number of anilines is 3. The number of hydrogen-bond acceptors (Lipinski definition) is 15. The van der Waals surface area contributed by atoms with Gasteiger partial charge in [0.15, 0.2) is 17.8 Å². The molecule has 15 nitrogen and oxygen atoms in total. The lowest BCUT2D eigenvalue weighted by molar-refractivity contribution is -0.0581. The average Bonchev–Trinajstić information content (AvgIpc) is 3.54. The molecule has 218 valence electrons. The van der Waals surface area contributed by atoms with Crippen LogP contribution in [0.3, 0.4) is 0 Å². The van der Waals surface area contributed by atoms with Crippen molar-refractivity contribution in [1.82, 2.24) is 19.5 Å². The van der Waals surface area contributed by atoms with Crippen LogP contribution in [0.25, 0.3) is 11.2 Å². The third kappa shape index (κ3) is 5.60. The van der Waals surface area contributed by atoms with Crippen molar-refractivity contribution in [1.29, 1.82) is 0 Å².